The molecule has 8 heteroatoms. The molecular weight excluding hydrogens is 368 g/mol. The van der Waals surface area contributed by atoms with E-state index in [9.17, 15) is 23.2 Å². The molecule has 2 saturated heterocycles. The van der Waals surface area contributed by atoms with E-state index in [2.05, 4.69) is 12.2 Å². The molecule has 3 rings (SSSR count). The number of nitrogens with one attached hydrogen (secondary N) is 1. The molecule has 0 saturated carbocycles. The summed E-state index contributed by atoms with van der Waals surface area (Å²) in [7, 11) is 0. The van der Waals surface area contributed by atoms with Crippen LogP contribution in [-0.2, 0) is 14.4 Å². The number of carbonyl (C=O) groups excluding carboxylic acids is 3. The second kappa shape index (κ2) is 8.67. The molecule has 1 N–H and O–H groups in total. The van der Waals surface area contributed by atoms with Gasteiger partial charge in [-0.2, -0.15) is 0 Å². The summed E-state index contributed by atoms with van der Waals surface area (Å²) < 4.78 is 26.8. The average Bonchev–Trinajstić information content (AvgIpc) is 3.02. The third-order valence-corrected chi connectivity index (χ3v) is 5.30. The van der Waals surface area contributed by atoms with Crippen LogP contribution in [0.1, 0.15) is 32.6 Å². The minimum Gasteiger partial charge on any atom is -0.355 e. The summed E-state index contributed by atoms with van der Waals surface area (Å²) in [5, 5.41) is 2.71. The summed E-state index contributed by atoms with van der Waals surface area (Å²) in [6.45, 7) is 3.90. The summed E-state index contributed by atoms with van der Waals surface area (Å²) in [5.41, 5.74) is 0.104. The fourth-order valence-electron chi connectivity index (χ4n) is 3.84. The Labute approximate surface area is 162 Å². The van der Waals surface area contributed by atoms with Crippen LogP contribution in [-0.4, -0.2) is 48.8 Å². The fourth-order valence-corrected chi connectivity index (χ4v) is 3.84. The van der Waals surface area contributed by atoms with Gasteiger partial charge in [-0.3, -0.25) is 14.4 Å². The highest BCUT2D eigenvalue weighted by Gasteiger charge is 2.35. The first-order chi connectivity index (χ1) is 13.3. The normalized spacial score (nSPS) is 22.5. The van der Waals surface area contributed by atoms with Crippen molar-refractivity contribution in [3.8, 4) is 0 Å². The maximum Gasteiger partial charge on any atom is 0.227 e. The monoisotopic (exact) mass is 393 g/mol. The first-order valence-electron chi connectivity index (χ1n) is 9.65. The van der Waals surface area contributed by atoms with Crippen LogP contribution in [0.5, 0.6) is 0 Å². The molecule has 1 aromatic rings. The first-order valence-corrected chi connectivity index (χ1v) is 9.65. The molecule has 2 fully saturated rings. The van der Waals surface area contributed by atoms with Crippen molar-refractivity contribution in [2.24, 2.45) is 11.8 Å². The number of rotatable bonds is 5. The van der Waals surface area contributed by atoms with Crippen LogP contribution in [0.3, 0.4) is 0 Å². The lowest BCUT2D eigenvalue weighted by Gasteiger charge is -2.31. The minimum absolute atomic E-state index is 0.0196. The number of benzene rings is 1. The van der Waals surface area contributed by atoms with E-state index in [0.29, 0.717) is 5.92 Å². The Balaban J connectivity index is 1.48. The molecular formula is C20H25F2N3O3. The Hall–Kier alpha value is -2.51. The zero-order valence-electron chi connectivity index (χ0n) is 15.9. The number of anilines is 1. The van der Waals surface area contributed by atoms with Crippen molar-refractivity contribution in [3.63, 3.8) is 0 Å². The number of hydrogen-bond acceptors (Lipinski definition) is 3. The number of halogens is 2. The van der Waals surface area contributed by atoms with E-state index < -0.39 is 17.6 Å². The van der Waals surface area contributed by atoms with E-state index in [1.54, 1.807) is 0 Å². The van der Waals surface area contributed by atoms with Gasteiger partial charge in [-0.25, -0.2) is 8.78 Å². The van der Waals surface area contributed by atoms with Gasteiger partial charge in [0.05, 0.1) is 5.92 Å². The molecule has 2 unspecified atom stereocenters. The van der Waals surface area contributed by atoms with Crippen molar-refractivity contribution in [1.29, 1.82) is 0 Å². The van der Waals surface area contributed by atoms with E-state index in [1.165, 1.54) is 4.90 Å². The quantitative estimate of drug-likeness (QED) is 0.833. The van der Waals surface area contributed by atoms with Crippen molar-refractivity contribution < 1.29 is 23.2 Å². The van der Waals surface area contributed by atoms with Crippen molar-refractivity contribution in [3.05, 3.63) is 29.8 Å². The molecule has 1 aromatic carbocycles. The first kappa shape index (κ1) is 20.2. The fraction of sp³-hybridized carbons (Fsp3) is 0.550. The highest BCUT2D eigenvalue weighted by atomic mass is 19.1. The summed E-state index contributed by atoms with van der Waals surface area (Å²) in [6.07, 6.45) is 2.32. The van der Waals surface area contributed by atoms with Gasteiger partial charge in [0.25, 0.3) is 0 Å². The lowest BCUT2D eigenvalue weighted by atomic mass is 10.00. The Morgan fingerprint density at radius 3 is 2.57 bits per heavy atom. The zero-order valence-corrected chi connectivity index (χ0v) is 15.9. The van der Waals surface area contributed by atoms with Gasteiger partial charge in [0.1, 0.15) is 11.6 Å². The van der Waals surface area contributed by atoms with E-state index in [0.717, 1.165) is 44.1 Å². The lowest BCUT2D eigenvalue weighted by Crippen LogP contribution is -2.41. The van der Waals surface area contributed by atoms with Gasteiger partial charge in [0.2, 0.25) is 17.7 Å². The maximum atomic E-state index is 13.4. The standard InChI is InChI=1S/C20H25F2N3O3/c1-13-3-2-6-24(11-13)18(26)4-5-23-20(28)14-7-19(27)25(12-14)17-9-15(21)8-16(22)10-17/h8-10,13-14H,2-7,11-12H2,1H3,(H,23,28). The van der Waals surface area contributed by atoms with Gasteiger partial charge in [-0.1, -0.05) is 6.92 Å². The van der Waals surface area contributed by atoms with Gasteiger partial charge in [-0.15, -0.1) is 0 Å². The number of carbonyl (C=O) groups is 3. The van der Waals surface area contributed by atoms with Crippen LogP contribution in [0.25, 0.3) is 0 Å². The van der Waals surface area contributed by atoms with Crippen molar-refractivity contribution in [1.82, 2.24) is 10.2 Å². The SMILES string of the molecule is CC1CCCN(C(=O)CCNC(=O)C2CC(=O)N(c3cc(F)cc(F)c3)C2)C1. The van der Waals surface area contributed by atoms with Crippen LogP contribution in [0.2, 0.25) is 0 Å². The lowest BCUT2D eigenvalue weighted by molar-refractivity contribution is -0.133. The van der Waals surface area contributed by atoms with Crippen molar-refractivity contribution in [2.75, 3.05) is 31.1 Å². The third-order valence-electron chi connectivity index (χ3n) is 5.30. The van der Waals surface area contributed by atoms with Crippen LogP contribution >= 0.6 is 0 Å². The number of likely N-dealkylation sites (tertiary alicyclic amines) is 1. The largest absolute Gasteiger partial charge is 0.355 e. The van der Waals surface area contributed by atoms with Gasteiger partial charge in [0.15, 0.2) is 0 Å². The summed E-state index contributed by atoms with van der Waals surface area (Å²) in [5.74, 6) is -2.33. The average molecular weight is 393 g/mol. The molecule has 0 spiro atoms. The highest BCUT2D eigenvalue weighted by molar-refractivity contribution is 6.00. The van der Waals surface area contributed by atoms with Crippen LogP contribution in [0.15, 0.2) is 18.2 Å². The molecule has 152 valence electrons. The predicted octanol–water partition coefficient (Wildman–Crippen LogP) is 2.08. The van der Waals surface area contributed by atoms with Gasteiger partial charge in [0, 0.05) is 50.8 Å². The molecule has 28 heavy (non-hydrogen) atoms. The minimum atomic E-state index is -0.777. The van der Waals surface area contributed by atoms with E-state index in [-0.39, 0.29) is 49.3 Å². The van der Waals surface area contributed by atoms with Crippen LogP contribution in [0.4, 0.5) is 14.5 Å². The molecule has 2 heterocycles. The molecule has 3 amide bonds. The van der Waals surface area contributed by atoms with Crippen molar-refractivity contribution >= 4 is 23.4 Å². The number of amides is 3. The zero-order chi connectivity index (χ0) is 20.3. The Morgan fingerprint density at radius 1 is 1.18 bits per heavy atom. The van der Waals surface area contributed by atoms with Gasteiger partial charge >= 0.3 is 0 Å². The molecule has 2 aliphatic rings. The second-order valence-electron chi connectivity index (χ2n) is 7.66. The summed E-state index contributed by atoms with van der Waals surface area (Å²) >= 11 is 0. The molecule has 0 bridgehead atoms. The number of piperidine rings is 1. The van der Waals surface area contributed by atoms with Gasteiger partial charge in [-0.05, 0) is 30.9 Å². The second-order valence-corrected chi connectivity index (χ2v) is 7.66. The highest BCUT2D eigenvalue weighted by Crippen LogP contribution is 2.26. The third kappa shape index (κ3) is 4.85. The molecule has 0 aliphatic carbocycles. The summed E-state index contributed by atoms with van der Waals surface area (Å²) in [6, 6.07) is 2.87. The molecule has 0 radical (unpaired) electrons. The maximum absolute atomic E-state index is 13.4. The van der Waals surface area contributed by atoms with Crippen LogP contribution < -0.4 is 10.2 Å². The Bertz CT molecular complexity index is 751. The molecule has 6 nitrogen and oxygen atoms in total. The van der Waals surface area contributed by atoms with Crippen molar-refractivity contribution in [2.45, 2.75) is 32.6 Å². The van der Waals surface area contributed by atoms with E-state index in [1.807, 2.05) is 4.90 Å². The van der Waals surface area contributed by atoms with Crippen LogP contribution in [0, 0.1) is 23.5 Å². The molecule has 2 atom stereocenters. The number of nitrogens with zero attached hydrogens (tertiary/aromatic N) is 2. The Morgan fingerprint density at radius 2 is 1.89 bits per heavy atom. The van der Waals surface area contributed by atoms with E-state index in [4.69, 9.17) is 0 Å². The predicted molar refractivity (Wildman–Crippen MR) is 99.4 cm³/mol. The molecule has 0 aromatic heterocycles. The Kier molecular flexibility index (Phi) is 6.26. The summed E-state index contributed by atoms with van der Waals surface area (Å²) in [4.78, 5) is 39.8. The van der Waals surface area contributed by atoms with E-state index >= 15 is 0 Å². The van der Waals surface area contributed by atoms with Gasteiger partial charge < -0.3 is 15.1 Å². The molecule has 2 aliphatic heterocycles. The topological polar surface area (TPSA) is 69.7 Å². The smallest absolute Gasteiger partial charge is 0.227 e. The number of hydrogen-bond donors (Lipinski definition) is 1.